The Hall–Kier alpha value is -1.64. The molecule has 2 saturated heterocycles. The Morgan fingerprint density at radius 3 is 2.10 bits per heavy atom. The van der Waals surface area contributed by atoms with Crippen LogP contribution in [0.15, 0.2) is 60.7 Å². The molecule has 0 bridgehead atoms. The van der Waals surface area contributed by atoms with E-state index in [2.05, 4.69) is 54.3 Å². The van der Waals surface area contributed by atoms with E-state index < -0.39 is 5.60 Å². The number of piperidine rings is 1. The summed E-state index contributed by atoms with van der Waals surface area (Å²) in [5, 5.41) is 11.2. The van der Waals surface area contributed by atoms with E-state index in [0.717, 1.165) is 24.9 Å². The number of aliphatic hydroxyl groups is 1. The van der Waals surface area contributed by atoms with Gasteiger partial charge in [0.1, 0.15) is 5.60 Å². The Morgan fingerprint density at radius 1 is 0.905 bits per heavy atom. The van der Waals surface area contributed by atoms with Crippen molar-refractivity contribution in [3.05, 3.63) is 71.8 Å². The first kappa shape index (κ1) is 13.1. The van der Waals surface area contributed by atoms with Crippen LogP contribution < -0.4 is 0 Å². The van der Waals surface area contributed by atoms with E-state index in [4.69, 9.17) is 0 Å². The van der Waals surface area contributed by atoms with Gasteiger partial charge in [0.25, 0.3) is 0 Å². The van der Waals surface area contributed by atoms with Gasteiger partial charge in [0.05, 0.1) is 5.54 Å². The predicted octanol–water partition coefficient (Wildman–Crippen LogP) is 3.27. The number of nitrogens with zero attached hydrogens (tertiary/aromatic N) is 1. The molecule has 0 aliphatic carbocycles. The van der Waals surface area contributed by atoms with Crippen molar-refractivity contribution in [3.8, 4) is 0 Å². The lowest BCUT2D eigenvalue weighted by Gasteiger charge is -2.42. The second kappa shape index (κ2) is 4.43. The van der Waals surface area contributed by atoms with Gasteiger partial charge in [-0.25, -0.2) is 0 Å². The first-order valence-corrected chi connectivity index (χ1v) is 7.77. The molecular formula is C19H21NO. The maximum atomic E-state index is 11.2. The molecule has 0 saturated carbocycles. The van der Waals surface area contributed by atoms with Crippen molar-refractivity contribution < 1.29 is 5.11 Å². The molecule has 2 aliphatic heterocycles. The fourth-order valence-electron chi connectivity index (χ4n) is 4.10. The van der Waals surface area contributed by atoms with Crippen LogP contribution in [-0.2, 0) is 11.1 Å². The summed E-state index contributed by atoms with van der Waals surface area (Å²) in [5.74, 6) is 0. The molecule has 4 atom stereocenters. The molecule has 4 rings (SSSR count). The minimum Gasteiger partial charge on any atom is -0.384 e. The molecule has 108 valence electrons. The Labute approximate surface area is 126 Å². The van der Waals surface area contributed by atoms with Crippen LogP contribution in [-0.4, -0.2) is 22.6 Å². The number of rotatable bonds is 2. The van der Waals surface area contributed by atoms with Crippen molar-refractivity contribution in [3.63, 3.8) is 0 Å². The van der Waals surface area contributed by atoms with Crippen molar-refractivity contribution in [1.29, 1.82) is 0 Å². The minimum absolute atomic E-state index is 0.147. The van der Waals surface area contributed by atoms with Crippen LogP contribution in [0, 0.1) is 0 Å². The summed E-state index contributed by atoms with van der Waals surface area (Å²) < 4.78 is 0. The Kier molecular flexibility index (Phi) is 2.75. The molecule has 1 N–H and O–H groups in total. The lowest BCUT2D eigenvalue weighted by atomic mass is 9.76. The topological polar surface area (TPSA) is 23.2 Å². The van der Waals surface area contributed by atoms with Gasteiger partial charge >= 0.3 is 0 Å². The molecule has 2 heteroatoms. The first-order chi connectivity index (χ1) is 10.2. The monoisotopic (exact) mass is 279 g/mol. The van der Waals surface area contributed by atoms with Crippen LogP contribution in [0.5, 0.6) is 0 Å². The number of hydrogen-bond donors (Lipinski definition) is 1. The highest BCUT2D eigenvalue weighted by Crippen LogP contribution is 2.56. The van der Waals surface area contributed by atoms with E-state index in [9.17, 15) is 5.11 Å². The first-order valence-electron chi connectivity index (χ1n) is 7.77. The van der Waals surface area contributed by atoms with Gasteiger partial charge in [-0.2, -0.15) is 0 Å². The number of hydrogen-bond acceptors (Lipinski definition) is 2. The van der Waals surface area contributed by atoms with E-state index in [1.54, 1.807) is 0 Å². The van der Waals surface area contributed by atoms with E-state index in [-0.39, 0.29) is 11.6 Å². The summed E-state index contributed by atoms with van der Waals surface area (Å²) in [6.07, 6.45) is 1.84. The van der Waals surface area contributed by atoms with Crippen LogP contribution in [0.1, 0.15) is 30.9 Å². The number of fused-ring (bicyclic) bond motifs is 1. The van der Waals surface area contributed by atoms with E-state index in [1.165, 1.54) is 5.56 Å². The zero-order chi connectivity index (χ0) is 14.5. The van der Waals surface area contributed by atoms with Gasteiger partial charge in [-0.15, -0.1) is 0 Å². The van der Waals surface area contributed by atoms with Crippen LogP contribution in [0.4, 0.5) is 0 Å². The SMILES string of the molecule is CC1N2CC2(c2ccccc2)CCC1(O)c1ccccc1. The molecule has 21 heavy (non-hydrogen) atoms. The van der Waals surface area contributed by atoms with Gasteiger partial charge in [-0.3, -0.25) is 4.90 Å². The molecule has 2 aromatic carbocycles. The van der Waals surface area contributed by atoms with Crippen molar-refractivity contribution >= 4 is 0 Å². The molecule has 4 unspecified atom stereocenters. The summed E-state index contributed by atoms with van der Waals surface area (Å²) in [6, 6.07) is 21.0. The van der Waals surface area contributed by atoms with Crippen LogP contribution >= 0.6 is 0 Å². The van der Waals surface area contributed by atoms with E-state index in [0.29, 0.717) is 0 Å². The van der Waals surface area contributed by atoms with Crippen molar-refractivity contribution in [2.24, 2.45) is 0 Å². The summed E-state index contributed by atoms with van der Waals surface area (Å²) in [6.45, 7) is 3.23. The highest BCUT2D eigenvalue weighted by Gasteiger charge is 2.63. The number of benzene rings is 2. The fraction of sp³-hybridized carbons (Fsp3) is 0.368. The second-order valence-corrected chi connectivity index (χ2v) is 6.49. The molecule has 0 radical (unpaired) electrons. The molecule has 2 aliphatic rings. The smallest absolute Gasteiger partial charge is 0.105 e. The highest BCUT2D eigenvalue weighted by atomic mass is 16.3. The van der Waals surface area contributed by atoms with Gasteiger partial charge in [0, 0.05) is 12.6 Å². The zero-order valence-corrected chi connectivity index (χ0v) is 12.4. The predicted molar refractivity (Wildman–Crippen MR) is 83.9 cm³/mol. The van der Waals surface area contributed by atoms with Gasteiger partial charge in [-0.05, 0) is 30.9 Å². The van der Waals surface area contributed by atoms with Gasteiger partial charge < -0.3 is 5.11 Å². The molecule has 2 nitrogen and oxygen atoms in total. The molecular weight excluding hydrogens is 258 g/mol. The quantitative estimate of drug-likeness (QED) is 0.853. The summed E-state index contributed by atoms with van der Waals surface area (Å²) in [7, 11) is 0. The molecule has 2 fully saturated rings. The van der Waals surface area contributed by atoms with Crippen molar-refractivity contribution in [2.45, 2.75) is 36.9 Å². The zero-order valence-electron chi connectivity index (χ0n) is 12.4. The Morgan fingerprint density at radius 2 is 1.48 bits per heavy atom. The third-order valence-corrected chi connectivity index (χ3v) is 5.54. The maximum absolute atomic E-state index is 11.2. The normalized spacial score (nSPS) is 37.8. The van der Waals surface area contributed by atoms with Crippen LogP contribution in [0.2, 0.25) is 0 Å². The van der Waals surface area contributed by atoms with Crippen molar-refractivity contribution in [1.82, 2.24) is 4.90 Å². The highest BCUT2D eigenvalue weighted by molar-refractivity contribution is 5.36. The summed E-state index contributed by atoms with van der Waals surface area (Å²) in [4.78, 5) is 2.46. The second-order valence-electron chi connectivity index (χ2n) is 6.49. The van der Waals surface area contributed by atoms with Gasteiger partial charge in [-0.1, -0.05) is 60.7 Å². The molecule has 0 amide bonds. The molecule has 0 aromatic heterocycles. The Bertz CT molecular complexity index is 641. The van der Waals surface area contributed by atoms with Gasteiger partial charge in [0.15, 0.2) is 0 Å². The largest absolute Gasteiger partial charge is 0.384 e. The van der Waals surface area contributed by atoms with E-state index >= 15 is 0 Å². The fourth-order valence-corrected chi connectivity index (χ4v) is 4.10. The average Bonchev–Trinajstić information content (AvgIpc) is 3.30. The molecule has 2 heterocycles. The van der Waals surface area contributed by atoms with Crippen LogP contribution in [0.25, 0.3) is 0 Å². The standard InChI is InChI=1S/C19H21NO/c1-15-19(21,17-10-6-3-7-11-17)13-12-18(14-20(15)18)16-8-4-2-5-9-16/h2-11,15,21H,12-14H2,1H3. The van der Waals surface area contributed by atoms with E-state index in [1.807, 2.05) is 18.2 Å². The van der Waals surface area contributed by atoms with Gasteiger partial charge in [0.2, 0.25) is 0 Å². The lowest BCUT2D eigenvalue weighted by molar-refractivity contribution is -0.0582. The minimum atomic E-state index is -0.726. The molecule has 0 spiro atoms. The maximum Gasteiger partial charge on any atom is 0.105 e. The molecule has 2 aromatic rings. The third kappa shape index (κ3) is 1.79. The Balaban J connectivity index is 1.66. The summed E-state index contributed by atoms with van der Waals surface area (Å²) >= 11 is 0. The average molecular weight is 279 g/mol. The third-order valence-electron chi connectivity index (χ3n) is 5.54. The summed E-state index contributed by atoms with van der Waals surface area (Å²) in [5.41, 5.74) is 1.88. The lowest BCUT2D eigenvalue weighted by Crippen LogP contribution is -2.48. The van der Waals surface area contributed by atoms with Crippen LogP contribution in [0.3, 0.4) is 0 Å². The van der Waals surface area contributed by atoms with Crippen molar-refractivity contribution in [2.75, 3.05) is 6.54 Å².